The predicted octanol–water partition coefficient (Wildman–Crippen LogP) is -1.19. The highest BCUT2D eigenvalue weighted by Crippen LogP contribution is 2.19. The first-order chi connectivity index (χ1) is 7.82. The van der Waals surface area contributed by atoms with Crippen molar-refractivity contribution in [2.45, 2.75) is 44.9 Å². The van der Waals surface area contributed by atoms with Crippen LogP contribution in [-0.4, -0.2) is 46.6 Å². The molecule has 0 radical (unpaired) electrons. The molecule has 0 aliphatic carbocycles. The molecule has 3 atom stereocenters. The Labute approximate surface area is 101 Å². The van der Waals surface area contributed by atoms with Crippen LogP contribution in [0.5, 0.6) is 0 Å². The van der Waals surface area contributed by atoms with E-state index in [1.807, 2.05) is 13.8 Å². The molecule has 17 heavy (non-hydrogen) atoms. The monoisotopic (exact) mass is 243 g/mol. The number of primary amides is 1. The van der Waals surface area contributed by atoms with Crippen molar-refractivity contribution in [3.05, 3.63) is 0 Å². The minimum Gasteiger partial charge on any atom is -0.391 e. The van der Waals surface area contributed by atoms with E-state index < -0.39 is 24.1 Å². The molecule has 0 bridgehead atoms. The number of likely N-dealkylation sites (tertiary alicyclic amines) is 1. The van der Waals surface area contributed by atoms with Crippen molar-refractivity contribution in [1.29, 1.82) is 0 Å². The Morgan fingerprint density at radius 1 is 1.47 bits per heavy atom. The van der Waals surface area contributed by atoms with E-state index in [2.05, 4.69) is 0 Å². The Morgan fingerprint density at radius 2 is 2.06 bits per heavy atom. The van der Waals surface area contributed by atoms with Gasteiger partial charge in [0.05, 0.1) is 12.1 Å². The molecule has 1 fully saturated rings. The van der Waals surface area contributed by atoms with Crippen LogP contribution in [0.4, 0.5) is 0 Å². The summed E-state index contributed by atoms with van der Waals surface area (Å²) in [5.41, 5.74) is 11.0. The van der Waals surface area contributed by atoms with Crippen LogP contribution in [0.2, 0.25) is 0 Å². The van der Waals surface area contributed by atoms with Gasteiger partial charge in [0.15, 0.2) is 0 Å². The third kappa shape index (κ3) is 3.41. The maximum absolute atomic E-state index is 12.0. The molecule has 6 nitrogen and oxygen atoms in total. The normalized spacial score (nSPS) is 26.3. The number of hydrogen-bond donors (Lipinski definition) is 3. The lowest BCUT2D eigenvalue weighted by molar-refractivity contribution is -0.138. The van der Waals surface area contributed by atoms with Crippen molar-refractivity contribution in [3.8, 4) is 0 Å². The lowest BCUT2D eigenvalue weighted by Gasteiger charge is -2.25. The van der Waals surface area contributed by atoms with Crippen LogP contribution in [0.3, 0.4) is 0 Å². The predicted molar refractivity (Wildman–Crippen MR) is 62.7 cm³/mol. The molecule has 98 valence electrons. The number of aliphatic hydroxyl groups excluding tert-OH is 1. The van der Waals surface area contributed by atoms with Crippen LogP contribution in [-0.2, 0) is 9.59 Å². The second-order valence-electron chi connectivity index (χ2n) is 5.03. The molecule has 6 heteroatoms. The van der Waals surface area contributed by atoms with Crippen LogP contribution in [0.15, 0.2) is 0 Å². The third-order valence-electron chi connectivity index (χ3n) is 2.93. The lowest BCUT2D eigenvalue weighted by Crippen LogP contribution is -2.50. The summed E-state index contributed by atoms with van der Waals surface area (Å²) < 4.78 is 0. The van der Waals surface area contributed by atoms with E-state index in [0.717, 1.165) is 0 Å². The summed E-state index contributed by atoms with van der Waals surface area (Å²) in [6.07, 6.45) is 0.0644. The van der Waals surface area contributed by atoms with Crippen LogP contribution >= 0.6 is 0 Å². The van der Waals surface area contributed by atoms with Crippen molar-refractivity contribution < 1.29 is 14.7 Å². The molecular weight excluding hydrogens is 222 g/mol. The Bertz CT molecular complexity index is 306. The minimum absolute atomic E-state index is 0.137. The van der Waals surface area contributed by atoms with Crippen LogP contribution in [0.1, 0.15) is 26.7 Å². The molecule has 0 aromatic rings. The Morgan fingerprint density at radius 3 is 2.53 bits per heavy atom. The topological polar surface area (TPSA) is 110 Å². The average molecular weight is 243 g/mol. The molecule has 1 saturated heterocycles. The van der Waals surface area contributed by atoms with E-state index in [4.69, 9.17) is 11.5 Å². The number of carbonyl (C=O) groups is 2. The van der Waals surface area contributed by atoms with Gasteiger partial charge < -0.3 is 21.5 Å². The van der Waals surface area contributed by atoms with Crippen LogP contribution < -0.4 is 11.5 Å². The summed E-state index contributed by atoms with van der Waals surface area (Å²) in [4.78, 5) is 24.5. The molecule has 1 rings (SSSR count). The van der Waals surface area contributed by atoms with Gasteiger partial charge in [0, 0.05) is 13.0 Å². The van der Waals surface area contributed by atoms with Gasteiger partial charge in [-0.15, -0.1) is 0 Å². The van der Waals surface area contributed by atoms with E-state index in [-0.39, 0.29) is 18.9 Å². The van der Waals surface area contributed by atoms with Gasteiger partial charge >= 0.3 is 0 Å². The number of amides is 2. The zero-order chi connectivity index (χ0) is 13.2. The SMILES string of the molecule is CC(C)CC(N)C(=O)N1CC(O)CC1C(N)=O. The zero-order valence-corrected chi connectivity index (χ0v) is 10.3. The quantitative estimate of drug-likeness (QED) is 0.576. The highest BCUT2D eigenvalue weighted by Gasteiger charge is 2.39. The summed E-state index contributed by atoms with van der Waals surface area (Å²) in [5, 5.41) is 9.49. The van der Waals surface area contributed by atoms with Gasteiger partial charge in [-0.25, -0.2) is 0 Å². The molecule has 5 N–H and O–H groups in total. The number of carbonyl (C=O) groups excluding carboxylic acids is 2. The zero-order valence-electron chi connectivity index (χ0n) is 10.3. The smallest absolute Gasteiger partial charge is 0.240 e. The first-order valence-corrected chi connectivity index (χ1v) is 5.86. The summed E-state index contributed by atoms with van der Waals surface area (Å²) in [6, 6.07) is -1.36. The highest BCUT2D eigenvalue weighted by molar-refractivity contribution is 5.89. The van der Waals surface area contributed by atoms with Gasteiger partial charge in [-0.2, -0.15) is 0 Å². The van der Waals surface area contributed by atoms with Crippen molar-refractivity contribution in [2.75, 3.05) is 6.54 Å². The summed E-state index contributed by atoms with van der Waals surface area (Å²) in [6.45, 7) is 4.08. The number of aliphatic hydroxyl groups is 1. The summed E-state index contributed by atoms with van der Waals surface area (Å²) in [7, 11) is 0. The fraction of sp³-hybridized carbons (Fsp3) is 0.818. The van der Waals surface area contributed by atoms with Crippen LogP contribution in [0.25, 0.3) is 0 Å². The number of hydrogen-bond acceptors (Lipinski definition) is 4. The molecule has 0 aromatic carbocycles. The first kappa shape index (κ1) is 13.9. The minimum atomic E-state index is -0.726. The van der Waals surface area contributed by atoms with Gasteiger partial charge in [-0.1, -0.05) is 13.8 Å². The molecule has 1 heterocycles. The molecule has 0 aromatic heterocycles. The van der Waals surface area contributed by atoms with Gasteiger partial charge in [0.1, 0.15) is 6.04 Å². The van der Waals surface area contributed by atoms with E-state index in [1.54, 1.807) is 0 Å². The van der Waals surface area contributed by atoms with Gasteiger partial charge in [-0.3, -0.25) is 9.59 Å². The third-order valence-corrected chi connectivity index (χ3v) is 2.93. The Balaban J connectivity index is 2.70. The van der Waals surface area contributed by atoms with Crippen molar-refractivity contribution in [1.82, 2.24) is 4.90 Å². The second-order valence-corrected chi connectivity index (χ2v) is 5.03. The van der Waals surface area contributed by atoms with E-state index in [9.17, 15) is 14.7 Å². The van der Waals surface area contributed by atoms with Crippen molar-refractivity contribution >= 4 is 11.8 Å². The molecule has 3 unspecified atom stereocenters. The summed E-state index contributed by atoms with van der Waals surface area (Å²) in [5.74, 6) is -0.598. The fourth-order valence-electron chi connectivity index (χ4n) is 2.15. The molecule has 2 amide bonds. The standard InChI is InChI=1S/C11H21N3O3/c1-6(2)3-8(12)11(17)14-5-7(15)4-9(14)10(13)16/h6-9,15H,3-5,12H2,1-2H3,(H2,13,16). The maximum Gasteiger partial charge on any atom is 0.240 e. The van der Waals surface area contributed by atoms with Gasteiger partial charge in [0.25, 0.3) is 0 Å². The lowest BCUT2D eigenvalue weighted by atomic mass is 10.0. The number of β-amino-alcohol motifs (C(OH)–C–C–N with tert-alkyl or cyclic N) is 1. The maximum atomic E-state index is 12.0. The van der Waals surface area contributed by atoms with Gasteiger partial charge in [-0.05, 0) is 12.3 Å². The van der Waals surface area contributed by atoms with E-state index in [0.29, 0.717) is 12.3 Å². The Hall–Kier alpha value is -1.14. The number of nitrogens with two attached hydrogens (primary N) is 2. The summed E-state index contributed by atoms with van der Waals surface area (Å²) >= 11 is 0. The number of rotatable bonds is 4. The molecule has 0 saturated carbocycles. The number of nitrogens with zero attached hydrogens (tertiary/aromatic N) is 1. The largest absolute Gasteiger partial charge is 0.391 e. The van der Waals surface area contributed by atoms with E-state index >= 15 is 0 Å². The molecule has 1 aliphatic heterocycles. The van der Waals surface area contributed by atoms with Crippen molar-refractivity contribution in [2.24, 2.45) is 17.4 Å². The second kappa shape index (κ2) is 5.46. The van der Waals surface area contributed by atoms with Crippen LogP contribution in [0, 0.1) is 5.92 Å². The average Bonchev–Trinajstić information content (AvgIpc) is 2.58. The molecule has 1 aliphatic rings. The molecular formula is C11H21N3O3. The first-order valence-electron chi connectivity index (χ1n) is 5.86. The fourth-order valence-corrected chi connectivity index (χ4v) is 2.15. The van der Waals surface area contributed by atoms with Crippen molar-refractivity contribution in [3.63, 3.8) is 0 Å². The Kier molecular flexibility index (Phi) is 4.47. The molecule has 0 spiro atoms. The van der Waals surface area contributed by atoms with Gasteiger partial charge in [0.2, 0.25) is 11.8 Å². The van der Waals surface area contributed by atoms with E-state index in [1.165, 1.54) is 4.90 Å². The highest BCUT2D eigenvalue weighted by atomic mass is 16.3.